The van der Waals surface area contributed by atoms with E-state index in [0.717, 1.165) is 17.9 Å². The Morgan fingerprint density at radius 1 is 1.06 bits per heavy atom. The van der Waals surface area contributed by atoms with Gasteiger partial charge in [0.05, 0.1) is 13.2 Å². The van der Waals surface area contributed by atoms with Crippen molar-refractivity contribution in [1.29, 1.82) is 0 Å². The number of likely N-dealkylation sites (tertiary alicyclic amines) is 1. The van der Waals surface area contributed by atoms with E-state index in [0.29, 0.717) is 37.4 Å². The van der Waals surface area contributed by atoms with Crippen LogP contribution in [-0.4, -0.2) is 46.9 Å². The van der Waals surface area contributed by atoms with Crippen LogP contribution < -0.4 is 15.4 Å². The van der Waals surface area contributed by atoms with E-state index in [2.05, 4.69) is 39.1 Å². The van der Waals surface area contributed by atoms with Gasteiger partial charge in [-0.3, -0.25) is 9.69 Å². The highest BCUT2D eigenvalue weighted by molar-refractivity contribution is 5.91. The maximum absolute atomic E-state index is 12.4. The van der Waals surface area contributed by atoms with Crippen LogP contribution in [0.5, 0.6) is 6.01 Å². The van der Waals surface area contributed by atoms with Crippen LogP contribution in [0.3, 0.4) is 0 Å². The van der Waals surface area contributed by atoms with Crippen molar-refractivity contribution in [2.75, 3.05) is 36.9 Å². The molecule has 0 atom stereocenters. The van der Waals surface area contributed by atoms with Crippen LogP contribution in [0.25, 0.3) is 0 Å². The molecule has 3 aliphatic rings. The molecule has 0 spiro atoms. The number of nitrogens with zero attached hydrogens (tertiary/aromatic N) is 4. The predicted molar refractivity (Wildman–Crippen MR) is 120 cm³/mol. The molecule has 0 radical (unpaired) electrons. The second-order valence-electron chi connectivity index (χ2n) is 9.18. The summed E-state index contributed by atoms with van der Waals surface area (Å²) in [6.07, 6.45) is 6.55. The van der Waals surface area contributed by atoms with Crippen molar-refractivity contribution in [1.82, 2.24) is 14.9 Å². The Kier molecular flexibility index (Phi) is 5.76. The first-order valence-corrected chi connectivity index (χ1v) is 11.5. The highest BCUT2D eigenvalue weighted by Gasteiger charge is 2.28. The van der Waals surface area contributed by atoms with Gasteiger partial charge in [0.2, 0.25) is 0 Å². The molecule has 1 aromatic heterocycles. The molecule has 7 nitrogen and oxygen atoms in total. The molecule has 0 bridgehead atoms. The minimum absolute atomic E-state index is 0.138. The number of carbonyl (C=O) groups is 1. The zero-order chi connectivity index (χ0) is 21.2. The summed E-state index contributed by atoms with van der Waals surface area (Å²) in [6.45, 7) is 4.93. The summed E-state index contributed by atoms with van der Waals surface area (Å²) in [5.74, 6) is 1.83. The van der Waals surface area contributed by atoms with Crippen LogP contribution in [0, 0.1) is 5.92 Å². The fourth-order valence-corrected chi connectivity index (χ4v) is 4.73. The molecule has 3 heterocycles. The van der Waals surface area contributed by atoms with Gasteiger partial charge in [0.15, 0.2) is 5.78 Å². The lowest BCUT2D eigenvalue weighted by Gasteiger charge is -2.30. The monoisotopic (exact) mass is 421 g/mol. The van der Waals surface area contributed by atoms with E-state index in [1.165, 1.54) is 56.3 Å². The largest absolute Gasteiger partial charge is 0.463 e. The summed E-state index contributed by atoms with van der Waals surface area (Å²) in [5, 5.41) is 0. The lowest BCUT2D eigenvalue weighted by Crippen LogP contribution is -2.37. The van der Waals surface area contributed by atoms with Gasteiger partial charge in [0.25, 0.3) is 0 Å². The van der Waals surface area contributed by atoms with Gasteiger partial charge in [-0.1, -0.05) is 30.7 Å². The van der Waals surface area contributed by atoms with Crippen molar-refractivity contribution >= 4 is 17.4 Å². The lowest BCUT2D eigenvalue weighted by atomic mass is 9.86. The number of fused-ring (bicyclic) bond motifs is 1. The zero-order valence-electron chi connectivity index (χ0n) is 18.1. The van der Waals surface area contributed by atoms with Crippen molar-refractivity contribution < 1.29 is 9.53 Å². The number of Topliss-reactive ketones (excluding diaryl/α,β-unsaturated/α-hetero) is 1. The number of hydrogen-bond donors (Lipinski definition) is 1. The van der Waals surface area contributed by atoms with Gasteiger partial charge < -0.3 is 15.4 Å². The number of benzene rings is 1. The Morgan fingerprint density at radius 3 is 2.58 bits per heavy atom. The van der Waals surface area contributed by atoms with Crippen LogP contribution in [-0.2, 0) is 24.3 Å². The average Bonchev–Trinajstić information content (AvgIpc) is 3.21. The van der Waals surface area contributed by atoms with Crippen molar-refractivity contribution in [2.24, 2.45) is 5.92 Å². The summed E-state index contributed by atoms with van der Waals surface area (Å²) < 4.78 is 5.86. The van der Waals surface area contributed by atoms with E-state index in [1.807, 2.05) is 4.90 Å². The molecule has 1 aromatic carbocycles. The van der Waals surface area contributed by atoms with Gasteiger partial charge in [0.1, 0.15) is 11.6 Å². The molecule has 5 rings (SSSR count). The summed E-state index contributed by atoms with van der Waals surface area (Å²) in [4.78, 5) is 25.9. The molecule has 31 heavy (non-hydrogen) atoms. The molecule has 2 fully saturated rings. The molecule has 7 heteroatoms. The number of aromatic nitrogens is 2. The molecule has 1 saturated carbocycles. The molecular weight excluding hydrogens is 390 g/mol. The van der Waals surface area contributed by atoms with Gasteiger partial charge in [0, 0.05) is 25.1 Å². The molecular formula is C24H31N5O2. The van der Waals surface area contributed by atoms with Crippen LogP contribution in [0.2, 0.25) is 0 Å². The molecule has 2 aliphatic heterocycles. The van der Waals surface area contributed by atoms with Crippen molar-refractivity contribution in [3.8, 4) is 6.01 Å². The number of anilines is 2. The van der Waals surface area contributed by atoms with E-state index in [-0.39, 0.29) is 12.2 Å². The third-order valence-electron chi connectivity index (χ3n) is 6.68. The number of nitrogen functional groups attached to an aromatic ring is 1. The van der Waals surface area contributed by atoms with Gasteiger partial charge in [-0.2, -0.15) is 9.97 Å². The predicted octanol–water partition coefficient (Wildman–Crippen LogP) is 2.97. The fourth-order valence-electron chi connectivity index (χ4n) is 4.73. The Balaban J connectivity index is 1.35. The maximum Gasteiger partial charge on any atom is 0.320 e. The lowest BCUT2D eigenvalue weighted by molar-refractivity contribution is -0.117. The minimum atomic E-state index is 0.138. The average molecular weight is 422 g/mol. The van der Waals surface area contributed by atoms with Gasteiger partial charge in [-0.15, -0.1) is 0 Å². The minimum Gasteiger partial charge on any atom is -0.463 e. The Morgan fingerprint density at radius 2 is 1.84 bits per heavy atom. The van der Waals surface area contributed by atoms with Crippen molar-refractivity contribution in [3.63, 3.8) is 0 Å². The molecule has 1 aliphatic carbocycles. The standard InChI is InChI=1S/C24H31N5O2/c25-22-21-12-20(30)15-29(23(21)27-24(26-22)31-16-17-5-3-6-17)14-19-8-4-7-18(11-19)13-28-9-1-2-10-28/h4,7-8,11,17H,1-3,5-6,9-10,12-16H2,(H2,25,26,27). The molecule has 1 saturated heterocycles. The van der Waals surface area contributed by atoms with Crippen LogP contribution in [0.15, 0.2) is 24.3 Å². The van der Waals surface area contributed by atoms with Crippen LogP contribution >= 0.6 is 0 Å². The Bertz CT molecular complexity index is 953. The number of ether oxygens (including phenoxy) is 1. The smallest absolute Gasteiger partial charge is 0.320 e. The first-order chi connectivity index (χ1) is 15.1. The van der Waals surface area contributed by atoms with Crippen LogP contribution in [0.4, 0.5) is 11.6 Å². The summed E-state index contributed by atoms with van der Waals surface area (Å²) in [5.41, 5.74) is 9.42. The summed E-state index contributed by atoms with van der Waals surface area (Å²) in [7, 11) is 0. The van der Waals surface area contributed by atoms with Crippen molar-refractivity contribution in [3.05, 3.63) is 41.0 Å². The van der Waals surface area contributed by atoms with Gasteiger partial charge in [-0.25, -0.2) is 0 Å². The Hall–Kier alpha value is -2.67. The number of nitrogens with two attached hydrogens (primary N) is 1. The van der Waals surface area contributed by atoms with Crippen molar-refractivity contribution in [2.45, 2.75) is 51.6 Å². The maximum atomic E-state index is 12.4. The topological polar surface area (TPSA) is 84.6 Å². The van der Waals surface area contributed by atoms with E-state index in [1.54, 1.807) is 0 Å². The Labute approximate surface area is 183 Å². The van der Waals surface area contributed by atoms with E-state index in [4.69, 9.17) is 10.5 Å². The molecule has 164 valence electrons. The second-order valence-corrected chi connectivity index (χ2v) is 9.18. The highest BCUT2D eigenvalue weighted by atomic mass is 16.5. The summed E-state index contributed by atoms with van der Waals surface area (Å²) in [6, 6.07) is 8.98. The normalized spacial score (nSPS) is 19.4. The number of carbonyl (C=O) groups excluding carboxylic acids is 1. The van der Waals surface area contributed by atoms with E-state index in [9.17, 15) is 4.79 Å². The number of ketones is 1. The number of rotatable bonds is 7. The van der Waals surface area contributed by atoms with E-state index < -0.39 is 0 Å². The number of hydrogen-bond acceptors (Lipinski definition) is 7. The van der Waals surface area contributed by atoms with Gasteiger partial charge in [-0.05, 0) is 55.8 Å². The van der Waals surface area contributed by atoms with Gasteiger partial charge >= 0.3 is 6.01 Å². The first-order valence-electron chi connectivity index (χ1n) is 11.5. The molecule has 0 amide bonds. The molecule has 2 N–H and O–H groups in total. The molecule has 2 aromatic rings. The third-order valence-corrected chi connectivity index (χ3v) is 6.68. The van der Waals surface area contributed by atoms with Crippen LogP contribution in [0.1, 0.15) is 48.8 Å². The quantitative estimate of drug-likeness (QED) is 0.736. The molecule has 0 unspecified atom stereocenters. The zero-order valence-corrected chi connectivity index (χ0v) is 18.1. The fraction of sp³-hybridized carbons (Fsp3) is 0.542. The first kappa shape index (κ1) is 20.2. The SMILES string of the molecule is Nc1nc(OCC2CCC2)nc2c1CC(=O)CN2Cc1cccc(CN2CCCC2)c1. The van der Waals surface area contributed by atoms with E-state index >= 15 is 0 Å². The highest BCUT2D eigenvalue weighted by Crippen LogP contribution is 2.32. The second kappa shape index (κ2) is 8.83. The third kappa shape index (κ3) is 4.66. The summed E-state index contributed by atoms with van der Waals surface area (Å²) >= 11 is 0.